The number of H-pyrrole nitrogens is 1. The Balaban J connectivity index is 0.000000372. The lowest BCUT2D eigenvalue weighted by Crippen LogP contribution is -2.51. The minimum atomic E-state index is -0.580. The van der Waals surface area contributed by atoms with E-state index in [1.165, 1.54) is 25.9 Å². The number of anilines is 1. The number of likely N-dealkylation sites (tertiary alicyclic amines) is 1. The fourth-order valence-corrected chi connectivity index (χ4v) is 6.12. The van der Waals surface area contributed by atoms with E-state index in [1.54, 1.807) is 18.3 Å². The predicted octanol–water partition coefficient (Wildman–Crippen LogP) is 4.58. The van der Waals surface area contributed by atoms with Crippen LogP contribution in [-0.2, 0) is 0 Å². The van der Waals surface area contributed by atoms with Crippen LogP contribution in [0.2, 0.25) is 5.02 Å². The van der Waals surface area contributed by atoms with E-state index in [0.717, 1.165) is 36.7 Å². The molecule has 37 heavy (non-hydrogen) atoms. The third-order valence-corrected chi connectivity index (χ3v) is 7.97. The Morgan fingerprint density at radius 3 is 2.43 bits per heavy atom. The van der Waals surface area contributed by atoms with Crippen LogP contribution in [0, 0.1) is 5.82 Å². The van der Waals surface area contributed by atoms with Gasteiger partial charge in [-0.05, 0) is 57.3 Å². The average Bonchev–Trinajstić information content (AvgIpc) is 3.51. The zero-order chi connectivity index (χ0) is 25.5. The van der Waals surface area contributed by atoms with Gasteiger partial charge in [-0.1, -0.05) is 41.9 Å². The molecule has 3 aliphatic rings. The lowest BCUT2D eigenvalue weighted by Gasteiger charge is -2.34. The minimum Gasteiger partial charge on any atom is -0.353 e. The van der Waals surface area contributed by atoms with Crippen molar-refractivity contribution in [2.75, 3.05) is 38.1 Å². The number of benzene rings is 2. The molecule has 0 aliphatic carbocycles. The maximum Gasteiger partial charge on any atom is 0.347 e. The molecule has 2 atom stereocenters. The SMILES string of the molecule is CN1CCCC1.O=c1nc(N2CC3CCC(C2)N3)c2cnc(-c3cccc4cccc(Cl)c34)c(F)c2[nH]1. The van der Waals surface area contributed by atoms with Crippen molar-refractivity contribution in [2.45, 2.75) is 37.8 Å². The number of nitrogens with one attached hydrogen (secondary N) is 2. The quantitative estimate of drug-likeness (QED) is 0.403. The highest BCUT2D eigenvalue weighted by Gasteiger charge is 2.34. The molecule has 2 bridgehead atoms. The second-order valence-electron chi connectivity index (χ2n) is 10.3. The molecule has 0 amide bonds. The number of aromatic amines is 1. The van der Waals surface area contributed by atoms with Crippen LogP contribution in [0.5, 0.6) is 0 Å². The first-order valence-electron chi connectivity index (χ1n) is 12.9. The van der Waals surface area contributed by atoms with Gasteiger partial charge in [0.2, 0.25) is 0 Å². The van der Waals surface area contributed by atoms with Crippen LogP contribution in [0.3, 0.4) is 0 Å². The number of hydrogen-bond donors (Lipinski definition) is 2. The van der Waals surface area contributed by atoms with E-state index in [1.807, 2.05) is 24.3 Å². The van der Waals surface area contributed by atoms with Crippen molar-refractivity contribution in [3.63, 3.8) is 0 Å². The number of aromatic nitrogens is 3. The first kappa shape index (κ1) is 24.3. The molecule has 2 unspecified atom stereocenters. The van der Waals surface area contributed by atoms with Gasteiger partial charge in [-0.25, -0.2) is 9.18 Å². The number of piperazine rings is 1. The molecule has 192 valence electrons. The molecule has 2 aromatic heterocycles. The number of rotatable bonds is 2. The molecule has 7 nitrogen and oxygen atoms in total. The molecular formula is C28H30ClFN6O. The summed E-state index contributed by atoms with van der Waals surface area (Å²) in [5, 5.41) is 6.21. The molecule has 0 saturated carbocycles. The summed E-state index contributed by atoms with van der Waals surface area (Å²) in [4.78, 5) is 28.1. The van der Waals surface area contributed by atoms with Crippen LogP contribution in [0.1, 0.15) is 25.7 Å². The Morgan fingerprint density at radius 1 is 1.05 bits per heavy atom. The zero-order valence-corrected chi connectivity index (χ0v) is 21.6. The largest absolute Gasteiger partial charge is 0.353 e. The fourth-order valence-electron chi connectivity index (χ4n) is 5.84. The average molecular weight is 521 g/mol. The number of hydrogen-bond acceptors (Lipinski definition) is 6. The molecule has 3 saturated heterocycles. The Kier molecular flexibility index (Phi) is 6.56. The molecular weight excluding hydrogens is 491 g/mol. The molecule has 3 aliphatic heterocycles. The van der Waals surface area contributed by atoms with Crippen molar-refractivity contribution < 1.29 is 4.39 Å². The van der Waals surface area contributed by atoms with Gasteiger partial charge in [0.15, 0.2) is 5.82 Å². The van der Waals surface area contributed by atoms with Crippen molar-refractivity contribution in [2.24, 2.45) is 0 Å². The minimum absolute atomic E-state index is 0.120. The number of halogens is 2. The van der Waals surface area contributed by atoms with Gasteiger partial charge in [0, 0.05) is 47.3 Å². The first-order valence-corrected chi connectivity index (χ1v) is 13.3. The van der Waals surface area contributed by atoms with Crippen molar-refractivity contribution in [1.29, 1.82) is 0 Å². The summed E-state index contributed by atoms with van der Waals surface area (Å²) in [6, 6.07) is 11.8. The number of pyridine rings is 1. The van der Waals surface area contributed by atoms with Gasteiger partial charge < -0.3 is 20.1 Å². The molecule has 9 heteroatoms. The van der Waals surface area contributed by atoms with Gasteiger partial charge in [0.1, 0.15) is 11.5 Å². The van der Waals surface area contributed by atoms with E-state index < -0.39 is 11.5 Å². The molecule has 0 radical (unpaired) electrons. The maximum absolute atomic E-state index is 15.8. The highest BCUT2D eigenvalue weighted by molar-refractivity contribution is 6.36. The van der Waals surface area contributed by atoms with E-state index in [4.69, 9.17) is 11.6 Å². The number of nitrogens with zero attached hydrogens (tertiary/aromatic N) is 4. The molecule has 0 spiro atoms. The van der Waals surface area contributed by atoms with Crippen molar-refractivity contribution >= 4 is 39.1 Å². The Bertz CT molecular complexity index is 1500. The van der Waals surface area contributed by atoms with Crippen LogP contribution in [0.15, 0.2) is 47.4 Å². The van der Waals surface area contributed by atoms with Gasteiger partial charge in [0.25, 0.3) is 0 Å². The molecule has 7 rings (SSSR count). The molecule has 5 heterocycles. The molecule has 2 aromatic carbocycles. The number of fused-ring (bicyclic) bond motifs is 4. The van der Waals surface area contributed by atoms with E-state index in [-0.39, 0.29) is 11.2 Å². The Labute approximate surface area is 219 Å². The summed E-state index contributed by atoms with van der Waals surface area (Å²) in [5.74, 6) is -0.0881. The monoisotopic (exact) mass is 520 g/mol. The highest BCUT2D eigenvalue weighted by Crippen LogP contribution is 2.36. The molecule has 4 aromatic rings. The zero-order valence-electron chi connectivity index (χ0n) is 20.8. The van der Waals surface area contributed by atoms with Gasteiger partial charge >= 0.3 is 5.69 Å². The normalized spacial score (nSPS) is 21.4. The fraction of sp³-hybridized carbons (Fsp3) is 0.393. The summed E-state index contributed by atoms with van der Waals surface area (Å²) in [5.41, 5.74) is 0.289. The summed E-state index contributed by atoms with van der Waals surface area (Å²) < 4.78 is 15.8. The second-order valence-corrected chi connectivity index (χ2v) is 10.7. The third kappa shape index (κ3) is 4.69. The van der Waals surface area contributed by atoms with Crippen LogP contribution >= 0.6 is 11.6 Å². The van der Waals surface area contributed by atoms with E-state index in [2.05, 4.69) is 37.1 Å². The summed E-state index contributed by atoms with van der Waals surface area (Å²) in [7, 11) is 2.17. The predicted molar refractivity (Wildman–Crippen MR) is 147 cm³/mol. The van der Waals surface area contributed by atoms with Crippen molar-refractivity contribution in [3.05, 3.63) is 63.9 Å². The topological polar surface area (TPSA) is 77.2 Å². The lowest BCUT2D eigenvalue weighted by atomic mass is 10.0. The third-order valence-electron chi connectivity index (χ3n) is 7.65. The van der Waals surface area contributed by atoms with E-state index in [9.17, 15) is 4.79 Å². The van der Waals surface area contributed by atoms with E-state index >= 15 is 4.39 Å². The smallest absolute Gasteiger partial charge is 0.347 e. The van der Waals surface area contributed by atoms with Crippen molar-refractivity contribution in [3.8, 4) is 11.3 Å². The van der Waals surface area contributed by atoms with Crippen LogP contribution in [0.25, 0.3) is 32.9 Å². The summed E-state index contributed by atoms with van der Waals surface area (Å²) in [6.07, 6.45) is 6.63. The van der Waals surface area contributed by atoms with Gasteiger partial charge in [0.05, 0.1) is 10.9 Å². The summed E-state index contributed by atoms with van der Waals surface area (Å²) >= 11 is 6.44. The van der Waals surface area contributed by atoms with Crippen LogP contribution in [0.4, 0.5) is 10.2 Å². The lowest BCUT2D eigenvalue weighted by molar-refractivity contribution is 0.418. The summed E-state index contributed by atoms with van der Waals surface area (Å²) in [6.45, 7) is 4.12. The first-order chi connectivity index (χ1) is 18.0. The van der Waals surface area contributed by atoms with Crippen LogP contribution in [-0.4, -0.2) is 65.2 Å². The Hall–Kier alpha value is -3.07. The highest BCUT2D eigenvalue weighted by atomic mass is 35.5. The Morgan fingerprint density at radius 2 is 1.76 bits per heavy atom. The van der Waals surface area contributed by atoms with Gasteiger partial charge in [-0.2, -0.15) is 4.98 Å². The van der Waals surface area contributed by atoms with Gasteiger partial charge in [-0.3, -0.25) is 4.98 Å². The van der Waals surface area contributed by atoms with E-state index in [0.29, 0.717) is 33.9 Å². The van der Waals surface area contributed by atoms with Crippen LogP contribution < -0.4 is 15.9 Å². The molecule has 2 N–H and O–H groups in total. The molecule has 3 fully saturated rings. The standard InChI is InChI=1S/C23H19ClFN5O.C5H11N/c24-17-6-2-4-12-3-1-5-15(18(12)17)20-19(25)21-16(9-26-20)22(29-23(31)28-21)30-10-13-7-8-14(11-30)27-13;1-6-4-2-3-5-6/h1-6,9,13-14,27H,7-8,10-11H2,(H,28,29,31);2-5H2,1H3. The second kappa shape index (κ2) is 10.0. The van der Waals surface area contributed by atoms with Gasteiger partial charge in [-0.15, -0.1) is 0 Å². The maximum atomic E-state index is 15.8. The van der Waals surface area contributed by atoms with Crippen molar-refractivity contribution in [1.82, 2.24) is 25.2 Å².